The predicted molar refractivity (Wildman–Crippen MR) is 73.9 cm³/mol. The molecule has 0 aromatic heterocycles. The van der Waals surface area contributed by atoms with E-state index in [0.29, 0.717) is 12.5 Å². The van der Waals surface area contributed by atoms with E-state index in [1.165, 1.54) is 0 Å². The maximum atomic E-state index is 11.8. The van der Waals surface area contributed by atoms with Crippen LogP contribution in [0.25, 0.3) is 0 Å². The highest BCUT2D eigenvalue weighted by Gasteiger charge is 2.17. The van der Waals surface area contributed by atoms with E-state index in [4.69, 9.17) is 6.42 Å². The number of benzene rings is 1. The zero-order valence-corrected chi connectivity index (χ0v) is 10.9. The monoisotopic (exact) mass is 244 g/mol. The van der Waals surface area contributed by atoms with Gasteiger partial charge in [0.05, 0.1) is 19.1 Å². The molecule has 2 N–H and O–H groups in total. The van der Waals surface area contributed by atoms with E-state index >= 15 is 0 Å². The molecule has 1 aromatic carbocycles. The minimum atomic E-state index is -0.0344. The maximum absolute atomic E-state index is 11.8. The number of carbonyl (C=O) groups is 1. The van der Waals surface area contributed by atoms with Gasteiger partial charge in [-0.05, 0) is 11.5 Å². The number of hydrogen-bond donors (Lipinski definition) is 2. The Bertz CT molecular complexity index is 406. The first-order valence-corrected chi connectivity index (χ1v) is 6.13. The molecule has 0 heterocycles. The Morgan fingerprint density at radius 1 is 1.33 bits per heavy atom. The van der Waals surface area contributed by atoms with Gasteiger partial charge in [0.1, 0.15) is 0 Å². The van der Waals surface area contributed by atoms with Crippen molar-refractivity contribution in [1.29, 1.82) is 0 Å². The largest absolute Gasteiger partial charge is 0.348 e. The molecule has 1 rings (SSSR count). The van der Waals surface area contributed by atoms with E-state index in [9.17, 15) is 4.79 Å². The molecule has 0 saturated carbocycles. The van der Waals surface area contributed by atoms with Crippen LogP contribution < -0.4 is 10.6 Å². The van der Waals surface area contributed by atoms with Crippen LogP contribution in [0.2, 0.25) is 0 Å². The van der Waals surface area contributed by atoms with Crippen molar-refractivity contribution in [1.82, 2.24) is 10.6 Å². The smallest absolute Gasteiger partial charge is 0.234 e. The molecule has 3 heteroatoms. The van der Waals surface area contributed by atoms with Crippen molar-refractivity contribution in [3.05, 3.63) is 35.9 Å². The molecule has 0 aliphatic rings. The zero-order valence-electron chi connectivity index (χ0n) is 10.9. The van der Waals surface area contributed by atoms with E-state index in [-0.39, 0.29) is 18.5 Å². The summed E-state index contributed by atoms with van der Waals surface area (Å²) in [4.78, 5) is 11.8. The van der Waals surface area contributed by atoms with Crippen molar-refractivity contribution < 1.29 is 4.79 Å². The Morgan fingerprint density at radius 2 is 2.00 bits per heavy atom. The molecule has 0 radical (unpaired) electrons. The van der Waals surface area contributed by atoms with Crippen LogP contribution in [0, 0.1) is 18.3 Å². The summed E-state index contributed by atoms with van der Waals surface area (Å²) < 4.78 is 0. The van der Waals surface area contributed by atoms with Crippen LogP contribution in [-0.4, -0.2) is 19.0 Å². The lowest BCUT2D eigenvalue weighted by Gasteiger charge is -2.23. The number of amides is 1. The van der Waals surface area contributed by atoms with Crippen molar-refractivity contribution in [3.8, 4) is 12.3 Å². The predicted octanol–water partition coefficient (Wildman–Crippen LogP) is 1.72. The molecular formula is C15H20N2O. The summed E-state index contributed by atoms with van der Waals surface area (Å²) in [6, 6.07) is 10.0. The summed E-state index contributed by atoms with van der Waals surface area (Å²) >= 11 is 0. The SMILES string of the molecule is C#CCNCC(=O)NC(c1ccccc1)C(C)C. The van der Waals surface area contributed by atoms with E-state index in [1.807, 2.05) is 30.3 Å². The molecular weight excluding hydrogens is 224 g/mol. The van der Waals surface area contributed by atoms with Crippen LogP contribution in [0.3, 0.4) is 0 Å². The third-order valence-corrected chi connectivity index (χ3v) is 2.65. The Balaban J connectivity index is 2.60. The van der Waals surface area contributed by atoms with Crippen LogP contribution in [0.4, 0.5) is 0 Å². The first kappa shape index (κ1) is 14.3. The highest BCUT2D eigenvalue weighted by molar-refractivity contribution is 5.78. The summed E-state index contributed by atoms with van der Waals surface area (Å²) in [7, 11) is 0. The normalized spacial score (nSPS) is 11.9. The standard InChI is InChI=1S/C15H20N2O/c1-4-10-16-11-14(18)17-15(12(2)3)13-8-6-5-7-9-13/h1,5-9,12,15-16H,10-11H2,2-3H3,(H,17,18). The van der Waals surface area contributed by atoms with Crippen LogP contribution >= 0.6 is 0 Å². The van der Waals surface area contributed by atoms with Crippen molar-refractivity contribution in [2.24, 2.45) is 5.92 Å². The summed E-state index contributed by atoms with van der Waals surface area (Å²) in [5.41, 5.74) is 1.12. The van der Waals surface area contributed by atoms with E-state index in [2.05, 4.69) is 30.4 Å². The zero-order chi connectivity index (χ0) is 13.4. The van der Waals surface area contributed by atoms with Crippen LogP contribution in [0.1, 0.15) is 25.5 Å². The molecule has 96 valence electrons. The fourth-order valence-electron chi connectivity index (χ4n) is 1.77. The van der Waals surface area contributed by atoms with Gasteiger partial charge in [0.25, 0.3) is 0 Å². The van der Waals surface area contributed by atoms with E-state index in [1.54, 1.807) is 0 Å². The van der Waals surface area contributed by atoms with Gasteiger partial charge in [0.15, 0.2) is 0 Å². The fourth-order valence-corrected chi connectivity index (χ4v) is 1.77. The van der Waals surface area contributed by atoms with E-state index < -0.39 is 0 Å². The Kier molecular flexibility index (Phi) is 5.96. The van der Waals surface area contributed by atoms with Gasteiger partial charge in [-0.3, -0.25) is 10.1 Å². The molecule has 0 saturated heterocycles. The van der Waals surface area contributed by atoms with Gasteiger partial charge in [-0.1, -0.05) is 50.1 Å². The highest BCUT2D eigenvalue weighted by Crippen LogP contribution is 2.20. The minimum absolute atomic E-state index is 0.0336. The lowest BCUT2D eigenvalue weighted by Crippen LogP contribution is -2.38. The van der Waals surface area contributed by atoms with Gasteiger partial charge in [0.2, 0.25) is 5.91 Å². The lowest BCUT2D eigenvalue weighted by atomic mass is 9.96. The number of carbonyl (C=O) groups excluding carboxylic acids is 1. The molecule has 0 aliphatic carbocycles. The molecule has 1 aromatic rings. The lowest BCUT2D eigenvalue weighted by molar-refractivity contribution is -0.121. The van der Waals surface area contributed by atoms with Gasteiger partial charge in [-0.15, -0.1) is 6.42 Å². The van der Waals surface area contributed by atoms with Crippen molar-refractivity contribution >= 4 is 5.91 Å². The summed E-state index contributed by atoms with van der Waals surface area (Å²) in [6.07, 6.45) is 5.11. The molecule has 0 fully saturated rings. The van der Waals surface area contributed by atoms with Crippen LogP contribution in [0.5, 0.6) is 0 Å². The van der Waals surface area contributed by atoms with Crippen LogP contribution in [-0.2, 0) is 4.79 Å². The van der Waals surface area contributed by atoms with Gasteiger partial charge in [-0.25, -0.2) is 0 Å². The topological polar surface area (TPSA) is 41.1 Å². The average molecular weight is 244 g/mol. The number of hydrogen-bond acceptors (Lipinski definition) is 2. The van der Waals surface area contributed by atoms with Gasteiger partial charge in [0, 0.05) is 0 Å². The fraction of sp³-hybridized carbons (Fsp3) is 0.400. The third-order valence-electron chi connectivity index (χ3n) is 2.65. The first-order valence-electron chi connectivity index (χ1n) is 6.13. The quantitative estimate of drug-likeness (QED) is 0.591. The second kappa shape index (κ2) is 7.52. The van der Waals surface area contributed by atoms with E-state index in [0.717, 1.165) is 5.56 Å². The second-order valence-corrected chi connectivity index (χ2v) is 4.51. The summed E-state index contributed by atoms with van der Waals surface area (Å²) in [6.45, 7) is 4.84. The molecule has 0 bridgehead atoms. The Hall–Kier alpha value is -1.79. The molecule has 1 amide bonds. The van der Waals surface area contributed by atoms with Gasteiger partial charge < -0.3 is 5.32 Å². The Labute approximate surface area is 109 Å². The minimum Gasteiger partial charge on any atom is -0.348 e. The third kappa shape index (κ3) is 4.60. The first-order chi connectivity index (χ1) is 8.65. The molecule has 0 aliphatic heterocycles. The van der Waals surface area contributed by atoms with Crippen molar-refractivity contribution in [2.75, 3.05) is 13.1 Å². The molecule has 3 nitrogen and oxygen atoms in total. The molecule has 0 spiro atoms. The number of rotatable bonds is 6. The van der Waals surface area contributed by atoms with Crippen molar-refractivity contribution in [2.45, 2.75) is 19.9 Å². The highest BCUT2D eigenvalue weighted by atomic mass is 16.1. The second-order valence-electron chi connectivity index (χ2n) is 4.51. The maximum Gasteiger partial charge on any atom is 0.234 e. The van der Waals surface area contributed by atoms with Gasteiger partial charge >= 0.3 is 0 Å². The molecule has 18 heavy (non-hydrogen) atoms. The van der Waals surface area contributed by atoms with Gasteiger partial charge in [-0.2, -0.15) is 0 Å². The number of terminal acetylenes is 1. The number of nitrogens with one attached hydrogen (secondary N) is 2. The summed E-state index contributed by atoms with van der Waals surface area (Å²) in [5, 5.41) is 5.90. The Morgan fingerprint density at radius 3 is 2.56 bits per heavy atom. The molecule has 1 unspecified atom stereocenters. The summed E-state index contributed by atoms with van der Waals surface area (Å²) in [5.74, 6) is 2.74. The average Bonchev–Trinajstić information content (AvgIpc) is 2.37. The molecule has 1 atom stereocenters. The van der Waals surface area contributed by atoms with Crippen LogP contribution in [0.15, 0.2) is 30.3 Å². The van der Waals surface area contributed by atoms with Crippen molar-refractivity contribution in [3.63, 3.8) is 0 Å².